The second-order valence-electron chi connectivity index (χ2n) is 5.47. The van der Waals surface area contributed by atoms with Gasteiger partial charge in [-0.2, -0.15) is 0 Å². The number of anilines is 1. The van der Waals surface area contributed by atoms with Crippen LogP contribution in [0, 0.1) is 0 Å². The number of pyridine rings is 2. The second-order valence-corrected chi connectivity index (χ2v) is 6.38. The quantitative estimate of drug-likeness (QED) is 0.872. The van der Waals surface area contributed by atoms with Crippen molar-refractivity contribution in [1.82, 2.24) is 15.3 Å². The maximum atomic E-state index is 4.58. The molecular weight excluding hydrogens is 328 g/mol. The molecule has 0 radical (unpaired) electrons. The topological polar surface area (TPSA) is 41.1 Å². The number of nitrogens with zero attached hydrogens (tertiary/aromatic N) is 3. The summed E-state index contributed by atoms with van der Waals surface area (Å²) >= 11 is 3.51. The van der Waals surface area contributed by atoms with Crippen molar-refractivity contribution in [3.63, 3.8) is 0 Å². The van der Waals surface area contributed by atoms with Crippen LogP contribution in [0.5, 0.6) is 0 Å². The fourth-order valence-electron chi connectivity index (χ4n) is 2.30. The summed E-state index contributed by atoms with van der Waals surface area (Å²) in [6, 6.07) is 8.83. The number of hydrogen-bond acceptors (Lipinski definition) is 4. The third-order valence-corrected chi connectivity index (χ3v) is 3.99. The Morgan fingerprint density at radius 3 is 2.90 bits per heavy atom. The van der Waals surface area contributed by atoms with E-state index in [1.54, 1.807) is 0 Å². The normalized spacial score (nSPS) is 14.2. The highest BCUT2D eigenvalue weighted by molar-refractivity contribution is 9.10. The Hall–Kier alpha value is -1.46. The average molecular weight is 347 g/mol. The lowest BCUT2D eigenvalue weighted by Gasteiger charge is -2.21. The number of aromatic nitrogens is 2. The van der Waals surface area contributed by atoms with Crippen LogP contribution in [0.25, 0.3) is 0 Å². The van der Waals surface area contributed by atoms with Crippen molar-refractivity contribution in [3.05, 3.63) is 52.4 Å². The molecule has 0 aliphatic heterocycles. The van der Waals surface area contributed by atoms with Crippen LogP contribution in [0.4, 0.5) is 5.82 Å². The summed E-state index contributed by atoms with van der Waals surface area (Å²) in [5, 5.41) is 3.56. The number of nitrogens with one attached hydrogen (secondary N) is 1. The molecule has 2 heterocycles. The van der Waals surface area contributed by atoms with Crippen LogP contribution in [0.2, 0.25) is 0 Å². The minimum Gasteiger partial charge on any atom is -0.354 e. The average Bonchev–Trinajstić information content (AvgIpc) is 3.30. The first-order chi connectivity index (χ1) is 10.2. The molecule has 3 rings (SSSR count). The van der Waals surface area contributed by atoms with Crippen LogP contribution >= 0.6 is 15.9 Å². The van der Waals surface area contributed by atoms with Crippen LogP contribution in [0.3, 0.4) is 0 Å². The van der Waals surface area contributed by atoms with Crippen molar-refractivity contribution >= 4 is 21.7 Å². The molecular formula is C16H19BrN4. The summed E-state index contributed by atoms with van der Waals surface area (Å²) in [5.41, 5.74) is 2.26. The highest BCUT2D eigenvalue weighted by Crippen LogP contribution is 2.24. The second kappa shape index (κ2) is 6.54. The van der Waals surface area contributed by atoms with Gasteiger partial charge in [0.15, 0.2) is 0 Å². The highest BCUT2D eigenvalue weighted by Gasteiger charge is 2.21. The van der Waals surface area contributed by atoms with Crippen molar-refractivity contribution in [2.75, 3.05) is 11.9 Å². The zero-order valence-corrected chi connectivity index (χ0v) is 13.7. The van der Waals surface area contributed by atoms with Gasteiger partial charge in [-0.3, -0.25) is 4.98 Å². The van der Waals surface area contributed by atoms with Gasteiger partial charge in [-0.25, -0.2) is 4.98 Å². The monoisotopic (exact) mass is 346 g/mol. The van der Waals surface area contributed by atoms with E-state index in [1.165, 1.54) is 18.4 Å². The molecule has 0 aromatic carbocycles. The minimum absolute atomic E-state index is 0.693. The van der Waals surface area contributed by atoms with E-state index >= 15 is 0 Å². The smallest absolute Gasteiger partial charge is 0.133 e. The lowest BCUT2D eigenvalue weighted by atomic mass is 10.2. The maximum Gasteiger partial charge on any atom is 0.133 e. The van der Waals surface area contributed by atoms with Gasteiger partial charge in [0.2, 0.25) is 0 Å². The SMILES string of the molecule is CN(Cc1ccccn1)c1ncc(Br)cc1CNC1CC1. The maximum absolute atomic E-state index is 4.58. The fraction of sp³-hybridized carbons (Fsp3) is 0.375. The van der Waals surface area contributed by atoms with Gasteiger partial charge in [0.1, 0.15) is 5.82 Å². The Labute approximate surface area is 133 Å². The highest BCUT2D eigenvalue weighted by atomic mass is 79.9. The first kappa shape index (κ1) is 14.5. The molecule has 2 aromatic heterocycles. The van der Waals surface area contributed by atoms with Crippen molar-refractivity contribution in [2.45, 2.75) is 32.0 Å². The molecule has 4 nitrogen and oxygen atoms in total. The standard InChI is InChI=1S/C16H19BrN4/c1-21(11-15-4-2-3-7-18-15)16-12(8-13(17)10-20-16)9-19-14-5-6-14/h2-4,7-8,10,14,19H,5-6,9,11H2,1H3. The van der Waals surface area contributed by atoms with Crippen LogP contribution < -0.4 is 10.2 Å². The largest absolute Gasteiger partial charge is 0.354 e. The van der Waals surface area contributed by atoms with Gasteiger partial charge in [0.25, 0.3) is 0 Å². The van der Waals surface area contributed by atoms with E-state index in [4.69, 9.17) is 0 Å². The molecule has 5 heteroatoms. The number of hydrogen-bond donors (Lipinski definition) is 1. The molecule has 0 bridgehead atoms. The van der Waals surface area contributed by atoms with Crippen molar-refractivity contribution in [3.8, 4) is 0 Å². The molecule has 0 unspecified atom stereocenters. The first-order valence-corrected chi connectivity index (χ1v) is 8.00. The van der Waals surface area contributed by atoms with Crippen molar-refractivity contribution in [1.29, 1.82) is 0 Å². The van der Waals surface area contributed by atoms with E-state index in [0.29, 0.717) is 6.04 Å². The van der Waals surface area contributed by atoms with E-state index < -0.39 is 0 Å². The van der Waals surface area contributed by atoms with Gasteiger partial charge in [-0.1, -0.05) is 6.07 Å². The molecule has 1 N–H and O–H groups in total. The Balaban J connectivity index is 1.75. The molecule has 0 spiro atoms. The van der Waals surface area contributed by atoms with Crippen LogP contribution in [-0.4, -0.2) is 23.1 Å². The number of halogens is 1. The van der Waals surface area contributed by atoms with E-state index in [0.717, 1.165) is 29.1 Å². The van der Waals surface area contributed by atoms with E-state index in [1.807, 2.05) is 30.6 Å². The lowest BCUT2D eigenvalue weighted by molar-refractivity contribution is 0.682. The molecule has 1 saturated carbocycles. The predicted molar refractivity (Wildman–Crippen MR) is 88.1 cm³/mol. The summed E-state index contributed by atoms with van der Waals surface area (Å²) in [5.74, 6) is 1.01. The Bertz CT molecular complexity index is 598. The van der Waals surface area contributed by atoms with Gasteiger partial charge < -0.3 is 10.2 Å². The predicted octanol–water partition coefficient (Wildman–Crippen LogP) is 3.13. The van der Waals surface area contributed by atoms with Crippen LogP contribution in [0.1, 0.15) is 24.1 Å². The molecule has 21 heavy (non-hydrogen) atoms. The summed E-state index contributed by atoms with van der Waals surface area (Å²) in [6.07, 6.45) is 6.26. The first-order valence-electron chi connectivity index (χ1n) is 7.21. The van der Waals surface area contributed by atoms with E-state index in [-0.39, 0.29) is 0 Å². The molecule has 0 amide bonds. The van der Waals surface area contributed by atoms with Crippen LogP contribution in [0.15, 0.2) is 41.1 Å². The van der Waals surface area contributed by atoms with E-state index in [9.17, 15) is 0 Å². The molecule has 0 saturated heterocycles. The lowest BCUT2D eigenvalue weighted by Crippen LogP contribution is -2.23. The minimum atomic E-state index is 0.693. The Morgan fingerprint density at radius 1 is 1.33 bits per heavy atom. The van der Waals surface area contributed by atoms with Crippen molar-refractivity contribution in [2.24, 2.45) is 0 Å². The molecule has 1 aliphatic rings. The zero-order chi connectivity index (χ0) is 14.7. The van der Waals surface area contributed by atoms with Crippen LogP contribution in [-0.2, 0) is 13.1 Å². The van der Waals surface area contributed by atoms with E-state index in [2.05, 4.69) is 49.2 Å². The molecule has 2 aromatic rings. The zero-order valence-electron chi connectivity index (χ0n) is 12.1. The number of rotatable bonds is 6. The fourth-order valence-corrected chi connectivity index (χ4v) is 2.68. The summed E-state index contributed by atoms with van der Waals surface area (Å²) < 4.78 is 1.02. The summed E-state index contributed by atoms with van der Waals surface area (Å²) in [7, 11) is 2.06. The Kier molecular flexibility index (Phi) is 4.51. The third kappa shape index (κ3) is 4.02. The molecule has 1 fully saturated rings. The summed E-state index contributed by atoms with van der Waals surface area (Å²) in [6.45, 7) is 1.62. The summed E-state index contributed by atoms with van der Waals surface area (Å²) in [4.78, 5) is 11.1. The van der Waals surface area contributed by atoms with Gasteiger partial charge in [0.05, 0.1) is 12.2 Å². The van der Waals surface area contributed by atoms with Gasteiger partial charge in [-0.05, 0) is 47.0 Å². The molecule has 110 valence electrons. The van der Waals surface area contributed by atoms with Crippen molar-refractivity contribution < 1.29 is 0 Å². The third-order valence-electron chi connectivity index (χ3n) is 3.55. The van der Waals surface area contributed by atoms with Gasteiger partial charge in [-0.15, -0.1) is 0 Å². The molecule has 1 aliphatic carbocycles. The van der Waals surface area contributed by atoms with Gasteiger partial charge in [0, 0.05) is 42.1 Å². The Morgan fingerprint density at radius 2 is 2.19 bits per heavy atom. The molecule has 0 atom stereocenters. The van der Waals surface area contributed by atoms with Gasteiger partial charge >= 0.3 is 0 Å².